The van der Waals surface area contributed by atoms with Crippen LogP contribution in [-0.4, -0.2) is 37.2 Å². The molecule has 0 radical (unpaired) electrons. The highest BCUT2D eigenvalue weighted by atomic mass is 16.6. The average Bonchev–Trinajstić information content (AvgIpc) is 3.22. The summed E-state index contributed by atoms with van der Waals surface area (Å²) in [6.45, 7) is 6.68. The zero-order valence-electron chi connectivity index (χ0n) is 39.3. The van der Waals surface area contributed by atoms with Crippen LogP contribution in [0.15, 0.2) is 0 Å². The predicted octanol–water partition coefficient (Wildman–Crippen LogP) is 16.8. The molecule has 0 heterocycles. The van der Waals surface area contributed by atoms with E-state index in [9.17, 15) is 14.4 Å². The molecule has 0 aromatic heterocycles. The van der Waals surface area contributed by atoms with E-state index in [1.165, 1.54) is 199 Å². The highest BCUT2D eigenvalue weighted by Crippen LogP contribution is 2.17. The van der Waals surface area contributed by atoms with Crippen molar-refractivity contribution in [2.45, 2.75) is 303 Å². The molecule has 0 fully saturated rings. The lowest BCUT2D eigenvalue weighted by molar-refractivity contribution is -0.167. The van der Waals surface area contributed by atoms with Gasteiger partial charge in [0.1, 0.15) is 13.2 Å². The summed E-state index contributed by atoms with van der Waals surface area (Å²) in [5, 5.41) is 0. The lowest BCUT2D eigenvalue weighted by Crippen LogP contribution is -2.30. The fraction of sp³-hybridized carbons (Fsp3) is 0.942. The van der Waals surface area contributed by atoms with Gasteiger partial charge in [0, 0.05) is 19.3 Å². The van der Waals surface area contributed by atoms with Crippen molar-refractivity contribution < 1.29 is 28.6 Å². The van der Waals surface area contributed by atoms with Gasteiger partial charge < -0.3 is 14.2 Å². The molecular weight excluding hydrogens is 721 g/mol. The van der Waals surface area contributed by atoms with E-state index < -0.39 is 6.10 Å². The standard InChI is InChI=1S/C52H100O6/c1-4-7-10-13-16-19-22-24-26-28-30-33-36-39-42-45-51(54)57-48-49(47-56-50(53)44-41-38-35-32-29-21-18-15-12-9-6-3)58-52(55)46-43-40-37-34-31-27-25-23-20-17-14-11-8-5-2/h49H,4-48H2,1-3H3/t49-/m0/s1. The molecule has 0 N–H and O–H groups in total. The molecule has 0 aromatic rings. The zero-order chi connectivity index (χ0) is 42.3. The Hall–Kier alpha value is -1.59. The maximum absolute atomic E-state index is 12.8. The number of ether oxygens (including phenoxy) is 3. The third kappa shape index (κ3) is 45.5. The van der Waals surface area contributed by atoms with E-state index in [-0.39, 0.29) is 31.1 Å². The monoisotopic (exact) mass is 821 g/mol. The van der Waals surface area contributed by atoms with Crippen LogP contribution in [0.5, 0.6) is 0 Å². The summed E-state index contributed by atoms with van der Waals surface area (Å²) < 4.78 is 16.8. The second kappa shape index (κ2) is 48.1. The summed E-state index contributed by atoms with van der Waals surface area (Å²) >= 11 is 0. The third-order valence-electron chi connectivity index (χ3n) is 11.9. The van der Waals surface area contributed by atoms with Crippen LogP contribution in [0.3, 0.4) is 0 Å². The predicted molar refractivity (Wildman–Crippen MR) is 247 cm³/mol. The molecule has 6 heteroatoms. The van der Waals surface area contributed by atoms with Crippen LogP contribution in [0.1, 0.15) is 297 Å². The normalized spacial score (nSPS) is 11.8. The largest absolute Gasteiger partial charge is 0.462 e. The Labute approximate surface area is 361 Å². The molecule has 0 aliphatic heterocycles. The van der Waals surface area contributed by atoms with Crippen molar-refractivity contribution in [3.8, 4) is 0 Å². The molecular formula is C52H100O6. The third-order valence-corrected chi connectivity index (χ3v) is 11.9. The Morgan fingerprint density at radius 1 is 0.276 bits per heavy atom. The minimum Gasteiger partial charge on any atom is -0.462 e. The van der Waals surface area contributed by atoms with Gasteiger partial charge in [-0.2, -0.15) is 0 Å². The van der Waals surface area contributed by atoms with Gasteiger partial charge in [-0.05, 0) is 19.3 Å². The van der Waals surface area contributed by atoms with Gasteiger partial charge >= 0.3 is 17.9 Å². The van der Waals surface area contributed by atoms with Crippen LogP contribution >= 0.6 is 0 Å². The summed E-state index contributed by atoms with van der Waals surface area (Å²) in [5.41, 5.74) is 0. The first-order valence-electron chi connectivity index (χ1n) is 26.0. The van der Waals surface area contributed by atoms with Crippen molar-refractivity contribution in [2.24, 2.45) is 0 Å². The van der Waals surface area contributed by atoms with Gasteiger partial charge in [-0.1, -0.05) is 258 Å². The summed E-state index contributed by atoms with van der Waals surface area (Å²) in [5.74, 6) is -0.841. The second-order valence-electron chi connectivity index (χ2n) is 17.8. The number of carbonyl (C=O) groups excluding carboxylic acids is 3. The Morgan fingerprint density at radius 2 is 0.466 bits per heavy atom. The Balaban J connectivity index is 4.29. The average molecular weight is 821 g/mol. The van der Waals surface area contributed by atoms with Gasteiger partial charge in [-0.3, -0.25) is 14.4 Å². The molecule has 0 saturated carbocycles. The number of unbranched alkanes of at least 4 members (excludes halogenated alkanes) is 37. The first-order chi connectivity index (χ1) is 28.5. The Kier molecular flexibility index (Phi) is 46.8. The van der Waals surface area contributed by atoms with E-state index in [1.54, 1.807) is 0 Å². The molecule has 58 heavy (non-hydrogen) atoms. The van der Waals surface area contributed by atoms with Crippen LogP contribution < -0.4 is 0 Å². The smallest absolute Gasteiger partial charge is 0.306 e. The maximum Gasteiger partial charge on any atom is 0.306 e. The van der Waals surface area contributed by atoms with Gasteiger partial charge in [0.2, 0.25) is 0 Å². The summed E-state index contributed by atoms with van der Waals surface area (Å²) in [7, 11) is 0. The maximum atomic E-state index is 12.8. The highest BCUT2D eigenvalue weighted by molar-refractivity contribution is 5.71. The Morgan fingerprint density at radius 3 is 0.690 bits per heavy atom. The number of hydrogen-bond acceptors (Lipinski definition) is 6. The van der Waals surface area contributed by atoms with E-state index in [4.69, 9.17) is 14.2 Å². The molecule has 6 nitrogen and oxygen atoms in total. The lowest BCUT2D eigenvalue weighted by Gasteiger charge is -2.18. The molecule has 0 bridgehead atoms. The van der Waals surface area contributed by atoms with E-state index in [1.807, 2.05) is 0 Å². The number of esters is 3. The van der Waals surface area contributed by atoms with E-state index >= 15 is 0 Å². The first kappa shape index (κ1) is 56.4. The fourth-order valence-electron chi connectivity index (χ4n) is 7.92. The van der Waals surface area contributed by atoms with Gasteiger partial charge in [-0.15, -0.1) is 0 Å². The van der Waals surface area contributed by atoms with E-state index in [0.717, 1.165) is 57.8 Å². The van der Waals surface area contributed by atoms with E-state index in [0.29, 0.717) is 19.3 Å². The van der Waals surface area contributed by atoms with Crippen LogP contribution in [0.4, 0.5) is 0 Å². The first-order valence-corrected chi connectivity index (χ1v) is 26.0. The number of hydrogen-bond donors (Lipinski definition) is 0. The van der Waals surface area contributed by atoms with Crippen molar-refractivity contribution in [2.75, 3.05) is 13.2 Å². The minimum absolute atomic E-state index is 0.0617. The molecule has 0 aliphatic carbocycles. The molecule has 344 valence electrons. The second-order valence-corrected chi connectivity index (χ2v) is 17.8. The molecule has 0 rings (SSSR count). The van der Waals surface area contributed by atoms with Gasteiger partial charge in [0.15, 0.2) is 6.10 Å². The van der Waals surface area contributed by atoms with Crippen molar-refractivity contribution >= 4 is 17.9 Å². The van der Waals surface area contributed by atoms with Crippen molar-refractivity contribution in [3.05, 3.63) is 0 Å². The highest BCUT2D eigenvalue weighted by Gasteiger charge is 2.19. The van der Waals surface area contributed by atoms with Crippen molar-refractivity contribution in [3.63, 3.8) is 0 Å². The fourth-order valence-corrected chi connectivity index (χ4v) is 7.92. The van der Waals surface area contributed by atoms with Crippen LogP contribution in [0, 0.1) is 0 Å². The zero-order valence-corrected chi connectivity index (χ0v) is 39.3. The van der Waals surface area contributed by atoms with Crippen LogP contribution in [0.2, 0.25) is 0 Å². The lowest BCUT2D eigenvalue weighted by atomic mass is 10.0. The quantitative estimate of drug-likeness (QED) is 0.0346. The summed E-state index contributed by atoms with van der Waals surface area (Å²) in [6, 6.07) is 0. The number of carbonyl (C=O) groups is 3. The van der Waals surface area contributed by atoms with Crippen molar-refractivity contribution in [1.29, 1.82) is 0 Å². The van der Waals surface area contributed by atoms with Gasteiger partial charge in [0.25, 0.3) is 0 Å². The molecule has 0 aliphatic rings. The van der Waals surface area contributed by atoms with Crippen LogP contribution in [-0.2, 0) is 28.6 Å². The summed E-state index contributed by atoms with van der Waals surface area (Å²) in [4.78, 5) is 37.9. The summed E-state index contributed by atoms with van der Waals surface area (Å²) in [6.07, 6.45) is 50.8. The molecule has 0 amide bonds. The molecule has 0 aromatic carbocycles. The Bertz CT molecular complexity index is 859. The van der Waals surface area contributed by atoms with Crippen molar-refractivity contribution in [1.82, 2.24) is 0 Å². The number of rotatable bonds is 48. The molecule has 0 spiro atoms. The minimum atomic E-state index is -0.759. The van der Waals surface area contributed by atoms with E-state index in [2.05, 4.69) is 20.8 Å². The molecule has 0 saturated heterocycles. The van der Waals surface area contributed by atoms with Gasteiger partial charge in [0.05, 0.1) is 0 Å². The SMILES string of the molecule is CCCCCCCCCCCCCCCCCC(=O)OC[C@H](COC(=O)CCCCCCCCCCCCC)OC(=O)CCCCCCCCCCCCCCCC. The molecule has 0 unspecified atom stereocenters. The van der Waals surface area contributed by atoms with Crippen LogP contribution in [0.25, 0.3) is 0 Å². The topological polar surface area (TPSA) is 78.9 Å². The van der Waals surface area contributed by atoms with Gasteiger partial charge in [-0.25, -0.2) is 0 Å². The molecule has 1 atom stereocenters.